The van der Waals surface area contributed by atoms with Gasteiger partial charge in [0.25, 0.3) is 5.56 Å². The zero-order chi connectivity index (χ0) is 14.7. The van der Waals surface area contributed by atoms with Gasteiger partial charge in [0.05, 0.1) is 12.1 Å². The Morgan fingerprint density at radius 3 is 2.95 bits per heavy atom. The highest BCUT2D eigenvalue weighted by molar-refractivity contribution is 7.17. The van der Waals surface area contributed by atoms with E-state index in [2.05, 4.69) is 28.7 Å². The van der Waals surface area contributed by atoms with Crippen molar-refractivity contribution < 1.29 is 0 Å². The molecule has 1 unspecified atom stereocenters. The minimum Gasteiger partial charge on any atom is -0.327 e. The second kappa shape index (κ2) is 6.47. The fourth-order valence-corrected chi connectivity index (χ4v) is 2.76. The molecular formula is C14H22N4OS. The summed E-state index contributed by atoms with van der Waals surface area (Å²) < 4.78 is 0.693. The highest BCUT2D eigenvalue weighted by atomic mass is 32.1. The van der Waals surface area contributed by atoms with Crippen molar-refractivity contribution in [3.8, 4) is 0 Å². The molecule has 1 atom stereocenters. The van der Waals surface area contributed by atoms with Crippen LogP contribution in [0.25, 0.3) is 10.2 Å². The Bertz CT molecular complexity index is 619. The van der Waals surface area contributed by atoms with Crippen LogP contribution >= 0.6 is 11.3 Å². The lowest BCUT2D eigenvalue weighted by molar-refractivity contribution is 0.290. The van der Waals surface area contributed by atoms with Crippen LogP contribution in [0.2, 0.25) is 0 Å². The SMILES string of the molecule is CC(C)C(N)CCN(C)Cc1nc2ccsc2c(=O)[nH]1. The fourth-order valence-electron chi connectivity index (χ4n) is 2.03. The summed E-state index contributed by atoms with van der Waals surface area (Å²) >= 11 is 1.42. The molecule has 0 radical (unpaired) electrons. The third-order valence-corrected chi connectivity index (χ3v) is 4.39. The van der Waals surface area contributed by atoms with Crippen LogP contribution in [0.5, 0.6) is 0 Å². The predicted molar refractivity (Wildman–Crippen MR) is 84.0 cm³/mol. The number of hydrogen-bond acceptors (Lipinski definition) is 5. The van der Waals surface area contributed by atoms with Crippen LogP contribution in [-0.2, 0) is 6.54 Å². The van der Waals surface area contributed by atoms with Gasteiger partial charge in [-0.3, -0.25) is 9.69 Å². The third-order valence-electron chi connectivity index (χ3n) is 3.48. The smallest absolute Gasteiger partial charge is 0.268 e. The number of nitrogens with one attached hydrogen (secondary N) is 1. The number of nitrogens with zero attached hydrogens (tertiary/aromatic N) is 2. The van der Waals surface area contributed by atoms with Crippen molar-refractivity contribution in [2.45, 2.75) is 32.9 Å². The standard InChI is InChI=1S/C14H22N4OS/c1-9(2)10(15)4-6-18(3)8-12-16-11-5-7-20-13(11)14(19)17-12/h5,7,9-10H,4,6,8,15H2,1-3H3,(H,16,17,19). The lowest BCUT2D eigenvalue weighted by Gasteiger charge is -2.20. The van der Waals surface area contributed by atoms with Crippen LogP contribution in [0.15, 0.2) is 16.2 Å². The summed E-state index contributed by atoms with van der Waals surface area (Å²) in [6, 6.07) is 2.09. The van der Waals surface area contributed by atoms with Gasteiger partial charge in [-0.15, -0.1) is 11.3 Å². The van der Waals surface area contributed by atoms with Crippen LogP contribution in [0.4, 0.5) is 0 Å². The van der Waals surface area contributed by atoms with Crippen molar-refractivity contribution in [3.05, 3.63) is 27.6 Å². The Morgan fingerprint density at radius 2 is 2.25 bits per heavy atom. The fraction of sp³-hybridized carbons (Fsp3) is 0.571. The maximum Gasteiger partial charge on any atom is 0.268 e. The topological polar surface area (TPSA) is 75.0 Å². The molecule has 0 saturated heterocycles. The molecule has 0 aliphatic rings. The van der Waals surface area contributed by atoms with Crippen molar-refractivity contribution in [1.29, 1.82) is 0 Å². The summed E-state index contributed by atoms with van der Waals surface area (Å²) in [5.41, 5.74) is 6.77. The summed E-state index contributed by atoms with van der Waals surface area (Å²) in [7, 11) is 2.02. The molecule has 0 aliphatic carbocycles. The summed E-state index contributed by atoms with van der Waals surface area (Å²) in [6.07, 6.45) is 0.944. The number of nitrogens with two attached hydrogens (primary N) is 1. The van der Waals surface area contributed by atoms with E-state index in [4.69, 9.17) is 5.73 Å². The van der Waals surface area contributed by atoms with E-state index in [9.17, 15) is 4.79 Å². The molecule has 0 aromatic carbocycles. The second-order valence-electron chi connectivity index (χ2n) is 5.58. The van der Waals surface area contributed by atoms with Gasteiger partial charge in [-0.1, -0.05) is 13.8 Å². The molecule has 0 saturated carbocycles. The quantitative estimate of drug-likeness (QED) is 0.851. The molecule has 0 amide bonds. The number of aromatic nitrogens is 2. The minimum atomic E-state index is -0.0488. The van der Waals surface area contributed by atoms with Gasteiger partial charge >= 0.3 is 0 Å². The Kier molecular flexibility index (Phi) is 4.91. The first-order chi connectivity index (χ1) is 9.47. The maximum absolute atomic E-state index is 11.9. The van der Waals surface area contributed by atoms with Crippen molar-refractivity contribution in [2.24, 2.45) is 11.7 Å². The third kappa shape index (κ3) is 3.65. The molecule has 5 nitrogen and oxygen atoms in total. The van der Waals surface area contributed by atoms with Gasteiger partial charge < -0.3 is 10.7 Å². The summed E-state index contributed by atoms with van der Waals surface area (Å²) in [5, 5.41) is 1.89. The molecule has 6 heteroatoms. The Balaban J connectivity index is 1.99. The number of H-pyrrole nitrogens is 1. The molecule has 2 rings (SSSR count). The number of aromatic amines is 1. The van der Waals surface area contributed by atoms with Gasteiger partial charge in [0.15, 0.2) is 0 Å². The van der Waals surface area contributed by atoms with Gasteiger partial charge in [0, 0.05) is 6.04 Å². The Labute approximate surface area is 122 Å². The van der Waals surface area contributed by atoms with Gasteiger partial charge in [-0.2, -0.15) is 0 Å². The molecule has 0 spiro atoms. The molecule has 20 heavy (non-hydrogen) atoms. The zero-order valence-electron chi connectivity index (χ0n) is 12.2. The monoisotopic (exact) mass is 294 g/mol. The van der Waals surface area contributed by atoms with Gasteiger partial charge in [0.2, 0.25) is 0 Å². The van der Waals surface area contributed by atoms with Gasteiger partial charge in [-0.25, -0.2) is 4.98 Å². The predicted octanol–water partition coefficient (Wildman–Crippen LogP) is 1.79. The second-order valence-corrected chi connectivity index (χ2v) is 6.50. The maximum atomic E-state index is 11.9. The molecule has 2 heterocycles. The van der Waals surface area contributed by atoms with E-state index in [1.54, 1.807) is 0 Å². The first kappa shape index (κ1) is 15.2. The van der Waals surface area contributed by atoms with Crippen LogP contribution in [0.3, 0.4) is 0 Å². The highest BCUT2D eigenvalue weighted by Gasteiger charge is 2.11. The first-order valence-electron chi connectivity index (χ1n) is 6.88. The van der Waals surface area contributed by atoms with E-state index >= 15 is 0 Å². The Morgan fingerprint density at radius 1 is 1.50 bits per heavy atom. The van der Waals surface area contributed by atoms with Gasteiger partial charge in [-0.05, 0) is 37.4 Å². The number of rotatable bonds is 6. The van der Waals surface area contributed by atoms with E-state index in [-0.39, 0.29) is 11.6 Å². The molecule has 3 N–H and O–H groups in total. The van der Waals surface area contributed by atoms with E-state index in [0.29, 0.717) is 23.0 Å². The number of fused-ring (bicyclic) bond motifs is 1. The lowest BCUT2D eigenvalue weighted by atomic mass is 10.0. The van der Waals surface area contributed by atoms with Crippen molar-refractivity contribution in [3.63, 3.8) is 0 Å². The Hall–Kier alpha value is -1.24. The van der Waals surface area contributed by atoms with E-state index in [1.165, 1.54) is 11.3 Å². The van der Waals surface area contributed by atoms with Crippen molar-refractivity contribution >= 4 is 21.6 Å². The first-order valence-corrected chi connectivity index (χ1v) is 7.76. The molecule has 0 aliphatic heterocycles. The van der Waals surface area contributed by atoms with Crippen LogP contribution in [0, 0.1) is 5.92 Å². The number of hydrogen-bond donors (Lipinski definition) is 2. The van der Waals surface area contributed by atoms with Crippen molar-refractivity contribution in [1.82, 2.24) is 14.9 Å². The molecule has 2 aromatic heterocycles. The lowest BCUT2D eigenvalue weighted by Crippen LogP contribution is -2.32. The largest absolute Gasteiger partial charge is 0.327 e. The van der Waals surface area contributed by atoms with Crippen molar-refractivity contribution in [2.75, 3.05) is 13.6 Å². The molecule has 110 valence electrons. The molecule has 0 fully saturated rings. The van der Waals surface area contributed by atoms with Crippen LogP contribution in [0.1, 0.15) is 26.1 Å². The van der Waals surface area contributed by atoms with E-state index in [0.717, 1.165) is 18.5 Å². The summed E-state index contributed by atoms with van der Waals surface area (Å²) in [4.78, 5) is 21.3. The highest BCUT2D eigenvalue weighted by Crippen LogP contribution is 2.14. The van der Waals surface area contributed by atoms with Crippen LogP contribution < -0.4 is 11.3 Å². The number of thiophene rings is 1. The van der Waals surface area contributed by atoms with Crippen LogP contribution in [-0.4, -0.2) is 34.5 Å². The van der Waals surface area contributed by atoms with E-state index in [1.807, 2.05) is 18.5 Å². The zero-order valence-corrected chi connectivity index (χ0v) is 13.0. The summed E-state index contributed by atoms with van der Waals surface area (Å²) in [6.45, 7) is 5.79. The molecule has 2 aromatic rings. The normalized spacial score (nSPS) is 13.5. The molecule has 0 bridgehead atoms. The average molecular weight is 294 g/mol. The minimum absolute atomic E-state index is 0.0488. The van der Waals surface area contributed by atoms with Gasteiger partial charge in [0.1, 0.15) is 10.5 Å². The average Bonchev–Trinajstić information content (AvgIpc) is 2.84. The summed E-state index contributed by atoms with van der Waals surface area (Å²) in [5.74, 6) is 1.20. The van der Waals surface area contributed by atoms with E-state index < -0.39 is 0 Å². The molecular weight excluding hydrogens is 272 g/mol.